The summed E-state index contributed by atoms with van der Waals surface area (Å²) in [5.41, 5.74) is -0.484. The summed E-state index contributed by atoms with van der Waals surface area (Å²) in [5, 5.41) is 15.9. The maximum atomic E-state index is 12.7. The van der Waals surface area contributed by atoms with E-state index in [-0.39, 0.29) is 10.5 Å². The Hall–Kier alpha value is -3.47. The van der Waals surface area contributed by atoms with Crippen molar-refractivity contribution in [1.29, 1.82) is 0 Å². The highest BCUT2D eigenvalue weighted by Gasteiger charge is 2.30. The first-order valence-corrected chi connectivity index (χ1v) is 8.98. The minimum Gasteiger partial charge on any atom is -0.341 e. The number of nitro benzene ring substituents is 1. The van der Waals surface area contributed by atoms with E-state index in [9.17, 15) is 28.1 Å². The van der Waals surface area contributed by atoms with Gasteiger partial charge in [0.05, 0.1) is 9.82 Å². The molecule has 0 spiro atoms. The highest BCUT2D eigenvalue weighted by Crippen LogP contribution is 2.23. The van der Waals surface area contributed by atoms with Crippen LogP contribution in [0.3, 0.4) is 0 Å². The number of carbonyl (C=O) groups excluding carboxylic acids is 2. The molecular weight excluding hydrogens is 376 g/mol. The van der Waals surface area contributed by atoms with Crippen LogP contribution in [-0.2, 0) is 10.0 Å². The second kappa shape index (κ2) is 7.83. The number of benzene rings is 2. The fraction of sp³-hybridized carbons (Fsp3) is 0.125. The van der Waals surface area contributed by atoms with Gasteiger partial charge in [0.25, 0.3) is 21.6 Å². The van der Waals surface area contributed by atoms with Gasteiger partial charge in [-0.1, -0.05) is 12.1 Å². The van der Waals surface area contributed by atoms with E-state index in [1.54, 1.807) is 0 Å². The molecule has 0 aliphatic carbocycles. The fourth-order valence-electron chi connectivity index (χ4n) is 2.15. The third-order valence-electron chi connectivity index (χ3n) is 3.61. The Morgan fingerprint density at radius 1 is 1.07 bits per heavy atom. The second-order valence-electron chi connectivity index (χ2n) is 5.28. The SMILES string of the molecule is CNC(=O)Nc1ccc(S(=O)(=O)N(C)C(=O)c2ccccc2[N+](=O)[O-])cc1. The summed E-state index contributed by atoms with van der Waals surface area (Å²) in [6.45, 7) is 0. The summed E-state index contributed by atoms with van der Waals surface area (Å²) in [6, 6.07) is 9.73. The number of nitrogens with zero attached hydrogens (tertiary/aromatic N) is 2. The first-order valence-electron chi connectivity index (χ1n) is 7.54. The van der Waals surface area contributed by atoms with Crippen LogP contribution in [-0.4, -0.2) is 43.7 Å². The first kappa shape index (κ1) is 19.8. The van der Waals surface area contributed by atoms with Crippen LogP contribution in [0, 0.1) is 10.1 Å². The standard InChI is InChI=1S/C16H16N4O6S/c1-17-16(22)18-11-7-9-12(10-8-11)27(25,26)19(2)15(21)13-5-3-4-6-14(13)20(23)24/h3-10H,1-2H3,(H2,17,18,22). The molecule has 0 radical (unpaired) electrons. The van der Waals surface area contributed by atoms with Gasteiger partial charge in [-0.15, -0.1) is 0 Å². The Kier molecular flexibility index (Phi) is 5.75. The minimum atomic E-state index is -4.25. The van der Waals surface area contributed by atoms with E-state index in [4.69, 9.17) is 0 Å². The number of anilines is 1. The molecule has 3 amide bonds. The van der Waals surface area contributed by atoms with Crippen molar-refractivity contribution < 1.29 is 22.9 Å². The lowest BCUT2D eigenvalue weighted by atomic mass is 10.2. The van der Waals surface area contributed by atoms with E-state index in [0.29, 0.717) is 9.99 Å². The van der Waals surface area contributed by atoms with Crippen LogP contribution in [0.5, 0.6) is 0 Å². The third kappa shape index (κ3) is 4.20. The van der Waals surface area contributed by atoms with Gasteiger partial charge in [0.15, 0.2) is 0 Å². The van der Waals surface area contributed by atoms with Crippen molar-refractivity contribution >= 4 is 33.3 Å². The molecule has 0 aliphatic rings. The molecule has 0 atom stereocenters. The molecule has 10 nitrogen and oxygen atoms in total. The molecule has 2 aromatic rings. The molecule has 2 N–H and O–H groups in total. The molecule has 27 heavy (non-hydrogen) atoms. The normalized spacial score (nSPS) is 10.7. The zero-order valence-corrected chi connectivity index (χ0v) is 15.2. The smallest absolute Gasteiger partial charge is 0.318 e. The monoisotopic (exact) mass is 392 g/mol. The Bertz CT molecular complexity index is 988. The van der Waals surface area contributed by atoms with Gasteiger partial charge in [0.2, 0.25) is 0 Å². The summed E-state index contributed by atoms with van der Waals surface area (Å²) in [6.07, 6.45) is 0. The first-order chi connectivity index (χ1) is 12.7. The zero-order chi connectivity index (χ0) is 20.2. The van der Waals surface area contributed by atoms with Gasteiger partial charge < -0.3 is 10.6 Å². The highest BCUT2D eigenvalue weighted by molar-refractivity contribution is 7.89. The van der Waals surface area contributed by atoms with Crippen molar-refractivity contribution in [1.82, 2.24) is 9.62 Å². The van der Waals surface area contributed by atoms with Crippen LogP contribution in [0.4, 0.5) is 16.2 Å². The number of sulfonamides is 1. The van der Waals surface area contributed by atoms with Crippen molar-refractivity contribution in [3.05, 3.63) is 64.2 Å². The van der Waals surface area contributed by atoms with Crippen LogP contribution in [0.15, 0.2) is 53.4 Å². The lowest BCUT2D eigenvalue weighted by Gasteiger charge is -2.18. The zero-order valence-electron chi connectivity index (χ0n) is 14.4. The number of rotatable bonds is 5. The van der Waals surface area contributed by atoms with Gasteiger partial charge in [-0.2, -0.15) is 0 Å². The summed E-state index contributed by atoms with van der Waals surface area (Å²) < 4.78 is 25.7. The van der Waals surface area contributed by atoms with Crippen LogP contribution in [0.1, 0.15) is 10.4 Å². The molecule has 0 fully saturated rings. The average Bonchev–Trinajstić information content (AvgIpc) is 2.67. The summed E-state index contributed by atoms with van der Waals surface area (Å²) >= 11 is 0. The van der Waals surface area contributed by atoms with Gasteiger partial charge in [-0.3, -0.25) is 14.9 Å². The number of nitrogens with one attached hydrogen (secondary N) is 2. The van der Waals surface area contributed by atoms with E-state index in [2.05, 4.69) is 10.6 Å². The summed E-state index contributed by atoms with van der Waals surface area (Å²) in [7, 11) is -1.80. The number of hydrogen-bond donors (Lipinski definition) is 2. The largest absolute Gasteiger partial charge is 0.341 e. The van der Waals surface area contributed by atoms with Gasteiger partial charge in [0.1, 0.15) is 5.56 Å². The molecule has 0 saturated heterocycles. The lowest BCUT2D eigenvalue weighted by molar-refractivity contribution is -0.385. The van der Waals surface area contributed by atoms with Crippen LogP contribution < -0.4 is 10.6 Å². The number of amides is 3. The fourth-order valence-corrected chi connectivity index (χ4v) is 3.27. The van der Waals surface area contributed by atoms with Gasteiger partial charge in [-0.25, -0.2) is 17.5 Å². The Morgan fingerprint density at radius 3 is 2.22 bits per heavy atom. The predicted molar refractivity (Wildman–Crippen MR) is 96.9 cm³/mol. The van der Waals surface area contributed by atoms with Crippen LogP contribution in [0.25, 0.3) is 0 Å². The van der Waals surface area contributed by atoms with Crippen molar-refractivity contribution in [2.24, 2.45) is 0 Å². The molecule has 0 bridgehead atoms. The summed E-state index contributed by atoms with van der Waals surface area (Å²) in [4.78, 5) is 33.9. The molecule has 0 heterocycles. The predicted octanol–water partition coefficient (Wildman–Crippen LogP) is 1.81. The number of nitro groups is 1. The number of para-hydroxylation sites is 1. The van der Waals surface area contributed by atoms with E-state index >= 15 is 0 Å². The Morgan fingerprint density at radius 2 is 1.67 bits per heavy atom. The minimum absolute atomic E-state index is 0.209. The van der Waals surface area contributed by atoms with Crippen LogP contribution in [0.2, 0.25) is 0 Å². The Balaban J connectivity index is 2.32. The van der Waals surface area contributed by atoms with Crippen molar-refractivity contribution in [3.8, 4) is 0 Å². The number of hydrogen-bond acceptors (Lipinski definition) is 6. The number of carbonyl (C=O) groups is 2. The molecule has 0 aliphatic heterocycles. The molecule has 11 heteroatoms. The average molecular weight is 392 g/mol. The lowest BCUT2D eigenvalue weighted by Crippen LogP contribution is -2.33. The highest BCUT2D eigenvalue weighted by atomic mass is 32.2. The van der Waals surface area contributed by atoms with E-state index in [1.807, 2.05) is 0 Å². The van der Waals surface area contributed by atoms with E-state index < -0.39 is 32.6 Å². The molecule has 0 unspecified atom stereocenters. The third-order valence-corrected chi connectivity index (χ3v) is 5.37. The molecule has 142 valence electrons. The van der Waals surface area contributed by atoms with Gasteiger partial charge in [0, 0.05) is 25.8 Å². The van der Waals surface area contributed by atoms with Gasteiger partial charge in [-0.05, 0) is 30.3 Å². The molecule has 2 aromatic carbocycles. The topological polar surface area (TPSA) is 139 Å². The number of urea groups is 1. The van der Waals surface area contributed by atoms with Gasteiger partial charge >= 0.3 is 6.03 Å². The Labute approximate surface area is 155 Å². The van der Waals surface area contributed by atoms with Crippen molar-refractivity contribution in [2.75, 3.05) is 19.4 Å². The molecule has 2 rings (SSSR count). The van der Waals surface area contributed by atoms with E-state index in [0.717, 1.165) is 13.1 Å². The van der Waals surface area contributed by atoms with Crippen LogP contribution >= 0.6 is 0 Å². The quantitative estimate of drug-likeness (QED) is 0.588. The second-order valence-corrected chi connectivity index (χ2v) is 7.25. The van der Waals surface area contributed by atoms with Crippen molar-refractivity contribution in [3.63, 3.8) is 0 Å². The van der Waals surface area contributed by atoms with Crippen molar-refractivity contribution in [2.45, 2.75) is 4.90 Å². The maximum absolute atomic E-state index is 12.7. The molecular formula is C16H16N4O6S. The summed E-state index contributed by atoms with van der Waals surface area (Å²) in [5.74, 6) is -1.03. The van der Waals surface area contributed by atoms with E-state index in [1.165, 1.54) is 49.5 Å². The maximum Gasteiger partial charge on any atom is 0.318 e. The molecule has 0 saturated carbocycles. The molecule has 0 aromatic heterocycles.